The van der Waals surface area contributed by atoms with E-state index in [0.717, 1.165) is 5.56 Å². The molecule has 90 valence electrons. The summed E-state index contributed by atoms with van der Waals surface area (Å²) in [6.07, 6.45) is 1.05. The molecule has 1 atom stereocenters. The molecule has 1 aromatic heterocycles. The highest BCUT2D eigenvalue weighted by atomic mass is 32.1. The van der Waals surface area contributed by atoms with Crippen molar-refractivity contribution in [3.05, 3.63) is 46.4 Å². The van der Waals surface area contributed by atoms with Crippen LogP contribution in [0.4, 0.5) is 0 Å². The molecule has 1 unspecified atom stereocenters. The molecule has 0 radical (unpaired) electrons. The van der Waals surface area contributed by atoms with Gasteiger partial charge in [0.1, 0.15) is 16.9 Å². The lowest BCUT2D eigenvalue weighted by atomic mass is 10.1. The van der Waals surface area contributed by atoms with E-state index in [1.54, 1.807) is 6.20 Å². The van der Waals surface area contributed by atoms with Crippen LogP contribution in [0, 0.1) is 0 Å². The molecule has 0 amide bonds. The Labute approximate surface area is 105 Å². The highest BCUT2D eigenvalue weighted by Crippen LogP contribution is 2.31. The summed E-state index contributed by atoms with van der Waals surface area (Å²) in [7, 11) is 0. The van der Waals surface area contributed by atoms with Crippen molar-refractivity contribution >= 4 is 11.3 Å². The van der Waals surface area contributed by atoms with Gasteiger partial charge in [-0.25, -0.2) is 4.98 Å². The van der Waals surface area contributed by atoms with E-state index >= 15 is 0 Å². The first-order valence-corrected chi connectivity index (χ1v) is 6.39. The van der Waals surface area contributed by atoms with E-state index in [1.807, 2.05) is 43.5 Å². The minimum Gasteiger partial charge on any atom is -0.491 e. The third-order valence-corrected chi connectivity index (χ3v) is 3.09. The molecular formula is C13H15NO2S. The van der Waals surface area contributed by atoms with E-state index in [2.05, 4.69) is 4.98 Å². The zero-order valence-electron chi connectivity index (χ0n) is 9.83. The summed E-state index contributed by atoms with van der Waals surface area (Å²) in [6.45, 7) is 3.93. The van der Waals surface area contributed by atoms with Crippen LogP contribution in [0.15, 0.2) is 35.8 Å². The Hall–Kier alpha value is -1.39. The molecule has 1 heterocycles. The monoisotopic (exact) mass is 249 g/mol. The van der Waals surface area contributed by atoms with Crippen LogP contribution in [-0.2, 0) is 0 Å². The zero-order chi connectivity index (χ0) is 12.3. The van der Waals surface area contributed by atoms with Crippen molar-refractivity contribution < 1.29 is 9.84 Å². The second-order valence-electron chi connectivity index (χ2n) is 3.98. The number of nitrogens with zero attached hydrogens (tertiary/aromatic N) is 1. The number of aliphatic hydroxyl groups excluding tert-OH is 1. The fourth-order valence-corrected chi connectivity index (χ4v) is 2.21. The summed E-state index contributed by atoms with van der Waals surface area (Å²) in [4.78, 5) is 4.13. The summed E-state index contributed by atoms with van der Waals surface area (Å²) < 4.78 is 5.68. The van der Waals surface area contributed by atoms with Crippen LogP contribution in [-0.4, -0.2) is 16.2 Å². The lowest BCUT2D eigenvalue weighted by Gasteiger charge is -2.16. The molecule has 2 rings (SSSR count). The number of rotatable bonds is 4. The van der Waals surface area contributed by atoms with Gasteiger partial charge in [0.15, 0.2) is 0 Å². The normalized spacial score (nSPS) is 12.7. The van der Waals surface area contributed by atoms with Gasteiger partial charge < -0.3 is 9.84 Å². The molecule has 17 heavy (non-hydrogen) atoms. The van der Waals surface area contributed by atoms with Gasteiger partial charge in [0.2, 0.25) is 0 Å². The minimum atomic E-state index is -0.718. The predicted molar refractivity (Wildman–Crippen MR) is 68.4 cm³/mol. The van der Waals surface area contributed by atoms with Crippen LogP contribution in [0.2, 0.25) is 0 Å². The molecule has 2 aromatic rings. The van der Waals surface area contributed by atoms with E-state index in [1.165, 1.54) is 11.3 Å². The van der Waals surface area contributed by atoms with Crippen molar-refractivity contribution in [3.63, 3.8) is 0 Å². The van der Waals surface area contributed by atoms with E-state index < -0.39 is 6.10 Å². The number of hydrogen-bond donors (Lipinski definition) is 1. The molecule has 0 spiro atoms. The number of aromatic nitrogens is 1. The van der Waals surface area contributed by atoms with Gasteiger partial charge in [-0.15, -0.1) is 11.3 Å². The average molecular weight is 249 g/mol. The number of benzene rings is 1. The average Bonchev–Trinajstić information content (AvgIpc) is 2.81. The van der Waals surface area contributed by atoms with Gasteiger partial charge in [-0.2, -0.15) is 0 Å². The molecule has 1 aromatic carbocycles. The maximum atomic E-state index is 10.2. The smallest absolute Gasteiger partial charge is 0.134 e. The van der Waals surface area contributed by atoms with Gasteiger partial charge in [-0.3, -0.25) is 0 Å². The SMILES string of the molecule is CC(C)Oc1ccccc1C(O)c1nccs1. The Morgan fingerprint density at radius 2 is 2.06 bits per heavy atom. The fourth-order valence-electron chi connectivity index (χ4n) is 1.57. The zero-order valence-corrected chi connectivity index (χ0v) is 10.6. The topological polar surface area (TPSA) is 42.4 Å². The van der Waals surface area contributed by atoms with Crippen LogP contribution < -0.4 is 4.74 Å². The van der Waals surface area contributed by atoms with Crippen LogP contribution in [0.3, 0.4) is 0 Å². The lowest BCUT2D eigenvalue weighted by Crippen LogP contribution is -2.09. The molecule has 0 saturated carbocycles. The number of ether oxygens (including phenoxy) is 1. The van der Waals surface area contributed by atoms with Crippen molar-refractivity contribution in [3.8, 4) is 5.75 Å². The van der Waals surface area contributed by atoms with E-state index in [9.17, 15) is 5.11 Å². The minimum absolute atomic E-state index is 0.0830. The summed E-state index contributed by atoms with van der Waals surface area (Å²) in [6, 6.07) is 7.52. The largest absolute Gasteiger partial charge is 0.491 e. The number of para-hydroxylation sites is 1. The second-order valence-corrected chi connectivity index (χ2v) is 4.90. The summed E-state index contributed by atoms with van der Waals surface area (Å²) in [5.41, 5.74) is 0.760. The third-order valence-electron chi connectivity index (χ3n) is 2.26. The molecular weight excluding hydrogens is 234 g/mol. The van der Waals surface area contributed by atoms with E-state index in [4.69, 9.17) is 4.74 Å². The highest BCUT2D eigenvalue weighted by molar-refractivity contribution is 7.09. The van der Waals surface area contributed by atoms with Gasteiger partial charge >= 0.3 is 0 Å². The summed E-state index contributed by atoms with van der Waals surface area (Å²) in [5, 5.41) is 12.8. The van der Waals surface area contributed by atoms with Crippen LogP contribution in [0.25, 0.3) is 0 Å². The molecule has 0 aliphatic rings. The maximum absolute atomic E-state index is 10.2. The summed E-state index contributed by atoms with van der Waals surface area (Å²) >= 11 is 1.44. The number of thiazole rings is 1. The molecule has 0 bridgehead atoms. The first-order valence-electron chi connectivity index (χ1n) is 5.51. The lowest BCUT2D eigenvalue weighted by molar-refractivity contribution is 0.198. The van der Waals surface area contributed by atoms with Crippen molar-refractivity contribution in [1.29, 1.82) is 0 Å². The van der Waals surface area contributed by atoms with Gasteiger partial charge in [-0.1, -0.05) is 18.2 Å². The first-order chi connectivity index (χ1) is 8.18. The van der Waals surface area contributed by atoms with Gasteiger partial charge in [0.05, 0.1) is 6.10 Å². The van der Waals surface area contributed by atoms with Crippen LogP contribution in [0.1, 0.15) is 30.5 Å². The molecule has 4 heteroatoms. The van der Waals surface area contributed by atoms with Crippen LogP contribution >= 0.6 is 11.3 Å². The Bertz CT molecular complexity index is 468. The first kappa shape index (κ1) is 12.1. The van der Waals surface area contributed by atoms with Crippen LogP contribution in [0.5, 0.6) is 5.75 Å². The van der Waals surface area contributed by atoms with Gasteiger partial charge in [0, 0.05) is 17.1 Å². The molecule has 3 nitrogen and oxygen atoms in total. The van der Waals surface area contributed by atoms with Gasteiger partial charge in [0.25, 0.3) is 0 Å². The standard InChI is InChI=1S/C13H15NO2S/c1-9(2)16-11-6-4-3-5-10(11)12(15)13-14-7-8-17-13/h3-9,12,15H,1-2H3. The Morgan fingerprint density at radius 3 is 2.71 bits per heavy atom. The van der Waals surface area contributed by atoms with Gasteiger partial charge in [-0.05, 0) is 19.9 Å². The number of aliphatic hydroxyl groups is 1. The highest BCUT2D eigenvalue weighted by Gasteiger charge is 2.17. The third kappa shape index (κ3) is 2.84. The number of hydrogen-bond acceptors (Lipinski definition) is 4. The van der Waals surface area contributed by atoms with E-state index in [-0.39, 0.29) is 6.10 Å². The second kappa shape index (κ2) is 5.29. The summed E-state index contributed by atoms with van der Waals surface area (Å²) in [5.74, 6) is 0.713. The molecule has 0 aliphatic heterocycles. The Morgan fingerprint density at radius 1 is 1.29 bits per heavy atom. The predicted octanol–water partition coefficient (Wildman–Crippen LogP) is 3.01. The quantitative estimate of drug-likeness (QED) is 0.905. The van der Waals surface area contributed by atoms with Crippen molar-refractivity contribution in [1.82, 2.24) is 4.98 Å². The van der Waals surface area contributed by atoms with E-state index in [0.29, 0.717) is 10.8 Å². The molecule has 1 N–H and O–H groups in total. The maximum Gasteiger partial charge on any atom is 0.134 e. The van der Waals surface area contributed by atoms with Crippen molar-refractivity contribution in [2.75, 3.05) is 0 Å². The fraction of sp³-hybridized carbons (Fsp3) is 0.308. The molecule has 0 saturated heterocycles. The molecule has 0 fully saturated rings. The van der Waals surface area contributed by atoms with Crippen molar-refractivity contribution in [2.24, 2.45) is 0 Å². The Balaban J connectivity index is 2.31. The Kier molecular flexibility index (Phi) is 3.76. The molecule has 0 aliphatic carbocycles. The van der Waals surface area contributed by atoms with Crippen molar-refractivity contribution in [2.45, 2.75) is 26.1 Å².